The SMILES string of the molecule is CC(C)(C)OC(=O)N(CC1(C=O)CC1)[C@@H]1C[C@H]1c1ccccc1. The lowest BCUT2D eigenvalue weighted by Crippen LogP contribution is -2.42. The third-order valence-electron chi connectivity index (χ3n) is 4.64. The molecular formula is C19H25NO3. The molecule has 4 heteroatoms. The molecule has 2 saturated carbocycles. The monoisotopic (exact) mass is 315 g/mol. The molecule has 0 radical (unpaired) electrons. The topological polar surface area (TPSA) is 46.6 Å². The maximum atomic E-state index is 12.6. The predicted octanol–water partition coefficient (Wildman–Crippen LogP) is 3.76. The van der Waals surface area contributed by atoms with Crippen molar-refractivity contribution < 1.29 is 14.3 Å². The van der Waals surface area contributed by atoms with Gasteiger partial charge in [0.2, 0.25) is 0 Å². The number of carbonyl (C=O) groups excluding carboxylic acids is 2. The third-order valence-corrected chi connectivity index (χ3v) is 4.64. The van der Waals surface area contributed by atoms with E-state index in [1.165, 1.54) is 5.56 Å². The number of rotatable bonds is 5. The van der Waals surface area contributed by atoms with Crippen LogP contribution in [0.4, 0.5) is 4.79 Å². The normalized spacial score (nSPS) is 24.7. The highest BCUT2D eigenvalue weighted by atomic mass is 16.6. The van der Waals surface area contributed by atoms with Gasteiger partial charge in [0.15, 0.2) is 0 Å². The Morgan fingerprint density at radius 2 is 1.96 bits per heavy atom. The maximum Gasteiger partial charge on any atom is 0.410 e. The number of nitrogens with zero attached hydrogens (tertiary/aromatic N) is 1. The van der Waals surface area contributed by atoms with Gasteiger partial charge >= 0.3 is 6.09 Å². The quantitative estimate of drug-likeness (QED) is 0.777. The molecule has 23 heavy (non-hydrogen) atoms. The van der Waals surface area contributed by atoms with Gasteiger partial charge in [-0.05, 0) is 45.6 Å². The molecule has 1 aromatic carbocycles. The van der Waals surface area contributed by atoms with Crippen LogP contribution in [0, 0.1) is 5.41 Å². The van der Waals surface area contributed by atoms with Gasteiger partial charge in [0.25, 0.3) is 0 Å². The first-order valence-corrected chi connectivity index (χ1v) is 8.34. The largest absolute Gasteiger partial charge is 0.444 e. The summed E-state index contributed by atoms with van der Waals surface area (Å²) in [7, 11) is 0. The molecule has 3 rings (SSSR count). The second-order valence-corrected chi connectivity index (χ2v) is 7.91. The number of hydrogen-bond acceptors (Lipinski definition) is 3. The van der Waals surface area contributed by atoms with E-state index in [-0.39, 0.29) is 17.6 Å². The van der Waals surface area contributed by atoms with Gasteiger partial charge in [0.1, 0.15) is 11.9 Å². The van der Waals surface area contributed by atoms with Gasteiger partial charge in [-0.1, -0.05) is 30.3 Å². The van der Waals surface area contributed by atoms with Crippen molar-refractivity contribution in [1.29, 1.82) is 0 Å². The van der Waals surface area contributed by atoms with Crippen LogP contribution in [0.25, 0.3) is 0 Å². The van der Waals surface area contributed by atoms with Crippen molar-refractivity contribution in [3.63, 3.8) is 0 Å². The Bertz CT molecular complexity index is 586. The Hall–Kier alpha value is -1.84. The van der Waals surface area contributed by atoms with Gasteiger partial charge < -0.3 is 14.4 Å². The van der Waals surface area contributed by atoms with Crippen LogP contribution in [0.1, 0.15) is 51.5 Å². The second kappa shape index (κ2) is 5.66. The number of carbonyl (C=O) groups is 2. The molecule has 0 bridgehead atoms. The standard InChI is InChI=1S/C19H25NO3/c1-18(2,3)23-17(22)20(12-19(13-21)9-10-19)16-11-15(16)14-7-5-4-6-8-14/h4-8,13,15-16H,9-12H2,1-3H3/t15-,16+/m0/s1. The Kier molecular flexibility index (Phi) is 3.95. The molecule has 0 unspecified atom stereocenters. The summed E-state index contributed by atoms with van der Waals surface area (Å²) in [4.78, 5) is 25.8. The summed E-state index contributed by atoms with van der Waals surface area (Å²) in [5, 5.41) is 0. The molecule has 1 amide bonds. The zero-order valence-electron chi connectivity index (χ0n) is 14.1. The fourth-order valence-corrected chi connectivity index (χ4v) is 3.04. The minimum Gasteiger partial charge on any atom is -0.444 e. The summed E-state index contributed by atoms with van der Waals surface area (Å²) in [5.74, 6) is 0.353. The van der Waals surface area contributed by atoms with E-state index < -0.39 is 5.60 Å². The Morgan fingerprint density at radius 3 is 2.48 bits per heavy atom. The van der Waals surface area contributed by atoms with Crippen LogP contribution in [0.15, 0.2) is 30.3 Å². The first-order valence-electron chi connectivity index (χ1n) is 8.34. The molecule has 2 fully saturated rings. The summed E-state index contributed by atoms with van der Waals surface area (Å²) in [6.07, 6.45) is 3.41. The van der Waals surface area contributed by atoms with Gasteiger partial charge in [-0.15, -0.1) is 0 Å². The average Bonchev–Trinajstić information content (AvgIpc) is 3.39. The van der Waals surface area contributed by atoms with Crippen molar-refractivity contribution in [3.8, 4) is 0 Å². The first kappa shape index (κ1) is 16.0. The maximum absolute atomic E-state index is 12.6. The van der Waals surface area contributed by atoms with E-state index in [0.717, 1.165) is 25.5 Å². The van der Waals surface area contributed by atoms with Crippen molar-refractivity contribution in [2.24, 2.45) is 5.41 Å². The fourth-order valence-electron chi connectivity index (χ4n) is 3.04. The van der Waals surface area contributed by atoms with Crippen LogP contribution >= 0.6 is 0 Å². The van der Waals surface area contributed by atoms with E-state index in [1.807, 2.05) is 39.0 Å². The summed E-state index contributed by atoms with van der Waals surface area (Å²) in [6, 6.07) is 10.4. The summed E-state index contributed by atoms with van der Waals surface area (Å²) >= 11 is 0. The number of amides is 1. The molecule has 2 atom stereocenters. The lowest BCUT2D eigenvalue weighted by molar-refractivity contribution is -0.112. The van der Waals surface area contributed by atoms with Crippen LogP contribution in [-0.2, 0) is 9.53 Å². The molecule has 4 nitrogen and oxygen atoms in total. The van der Waals surface area contributed by atoms with Crippen LogP contribution in [0.3, 0.4) is 0 Å². The van der Waals surface area contributed by atoms with Crippen LogP contribution in [-0.4, -0.2) is 35.5 Å². The highest BCUT2D eigenvalue weighted by Crippen LogP contribution is 2.50. The van der Waals surface area contributed by atoms with Crippen LogP contribution < -0.4 is 0 Å². The minimum atomic E-state index is -0.523. The zero-order chi connectivity index (χ0) is 16.7. The van der Waals surface area contributed by atoms with Gasteiger partial charge in [0.05, 0.1) is 0 Å². The Labute approximate surface area is 137 Å². The van der Waals surface area contributed by atoms with Crippen molar-refractivity contribution in [3.05, 3.63) is 35.9 Å². The number of aldehydes is 1. The molecule has 0 spiro atoms. The van der Waals surface area contributed by atoms with Gasteiger partial charge in [-0.2, -0.15) is 0 Å². The fraction of sp³-hybridized carbons (Fsp3) is 0.579. The molecule has 2 aliphatic rings. The first-order chi connectivity index (χ1) is 10.8. The van der Waals surface area contributed by atoms with Crippen molar-refractivity contribution in [2.75, 3.05) is 6.54 Å². The van der Waals surface area contributed by atoms with Crippen LogP contribution in [0.5, 0.6) is 0 Å². The average molecular weight is 315 g/mol. The highest BCUT2D eigenvalue weighted by molar-refractivity contribution is 5.72. The molecule has 124 valence electrons. The third kappa shape index (κ3) is 3.74. The summed E-state index contributed by atoms with van der Waals surface area (Å²) in [6.45, 7) is 6.10. The molecule has 2 aliphatic carbocycles. The van der Waals surface area contributed by atoms with Crippen molar-refractivity contribution >= 4 is 12.4 Å². The lowest BCUT2D eigenvalue weighted by atomic mass is 10.1. The highest BCUT2D eigenvalue weighted by Gasteiger charge is 2.52. The number of hydrogen-bond donors (Lipinski definition) is 0. The molecular weight excluding hydrogens is 290 g/mol. The van der Waals surface area contributed by atoms with E-state index in [2.05, 4.69) is 12.1 Å². The molecule has 0 saturated heterocycles. The Morgan fingerprint density at radius 1 is 1.30 bits per heavy atom. The van der Waals surface area contributed by atoms with E-state index in [0.29, 0.717) is 12.5 Å². The van der Waals surface area contributed by atoms with Gasteiger partial charge in [-0.3, -0.25) is 0 Å². The van der Waals surface area contributed by atoms with Gasteiger partial charge in [-0.25, -0.2) is 4.79 Å². The van der Waals surface area contributed by atoms with Crippen molar-refractivity contribution in [1.82, 2.24) is 4.90 Å². The molecule has 0 N–H and O–H groups in total. The minimum absolute atomic E-state index is 0.143. The van der Waals surface area contributed by atoms with E-state index >= 15 is 0 Å². The second-order valence-electron chi connectivity index (χ2n) is 7.91. The van der Waals surface area contributed by atoms with E-state index in [9.17, 15) is 9.59 Å². The molecule has 1 aromatic rings. The lowest BCUT2D eigenvalue weighted by Gasteiger charge is -2.29. The van der Waals surface area contributed by atoms with E-state index in [4.69, 9.17) is 4.74 Å². The zero-order valence-corrected chi connectivity index (χ0v) is 14.1. The predicted molar refractivity (Wildman–Crippen MR) is 88.3 cm³/mol. The smallest absolute Gasteiger partial charge is 0.410 e. The summed E-state index contributed by atoms with van der Waals surface area (Å²) < 4.78 is 5.57. The van der Waals surface area contributed by atoms with E-state index in [1.54, 1.807) is 4.90 Å². The number of benzene rings is 1. The van der Waals surface area contributed by atoms with Gasteiger partial charge in [0, 0.05) is 23.9 Å². The molecule has 0 heterocycles. The summed E-state index contributed by atoms with van der Waals surface area (Å²) in [5.41, 5.74) is 0.396. The molecule has 0 aromatic heterocycles. The Balaban J connectivity index is 1.74. The van der Waals surface area contributed by atoms with Crippen molar-refractivity contribution in [2.45, 2.75) is 57.6 Å². The number of ether oxygens (including phenoxy) is 1. The molecule has 0 aliphatic heterocycles. The van der Waals surface area contributed by atoms with Crippen LogP contribution in [0.2, 0.25) is 0 Å².